The van der Waals surface area contributed by atoms with Gasteiger partial charge in [-0.25, -0.2) is 9.98 Å². The molecular weight excluding hydrogens is 512 g/mol. The van der Waals surface area contributed by atoms with Gasteiger partial charge in [0, 0.05) is 16.9 Å². The third-order valence-electron chi connectivity index (χ3n) is 6.48. The van der Waals surface area contributed by atoms with Crippen molar-refractivity contribution in [2.75, 3.05) is 31.0 Å². The molecule has 10 heteroatoms. The van der Waals surface area contributed by atoms with Crippen LogP contribution < -0.4 is 19.6 Å². The van der Waals surface area contributed by atoms with E-state index in [1.54, 1.807) is 18.1 Å². The van der Waals surface area contributed by atoms with Gasteiger partial charge in [-0.15, -0.1) is 0 Å². The zero-order valence-electron chi connectivity index (χ0n) is 21.8. The van der Waals surface area contributed by atoms with Crippen molar-refractivity contribution >= 4 is 23.5 Å². The number of benzene rings is 2. The summed E-state index contributed by atoms with van der Waals surface area (Å²) in [5, 5.41) is 29.4. The van der Waals surface area contributed by atoms with E-state index in [-0.39, 0.29) is 11.6 Å². The molecule has 0 unspecified atom stereocenters. The van der Waals surface area contributed by atoms with Crippen LogP contribution in [-0.4, -0.2) is 42.1 Å². The summed E-state index contributed by atoms with van der Waals surface area (Å²) in [6.45, 7) is 3.79. The van der Waals surface area contributed by atoms with Gasteiger partial charge in [0.15, 0.2) is 0 Å². The molecule has 1 aliphatic heterocycles. The fourth-order valence-electron chi connectivity index (χ4n) is 4.38. The van der Waals surface area contributed by atoms with Crippen LogP contribution in [0, 0.1) is 18.3 Å². The van der Waals surface area contributed by atoms with Crippen LogP contribution in [0.15, 0.2) is 75.3 Å². The molecule has 0 atom stereocenters. The molecule has 0 N–H and O–H groups in total. The minimum absolute atomic E-state index is 0.00843. The Bertz CT molecular complexity index is 1500. The van der Waals surface area contributed by atoms with Crippen molar-refractivity contribution in [3.63, 3.8) is 0 Å². The number of rotatable bonds is 8. The summed E-state index contributed by atoms with van der Waals surface area (Å²) < 4.78 is 10.6. The number of hydrogen-bond acceptors (Lipinski definition) is 9. The van der Waals surface area contributed by atoms with Crippen LogP contribution >= 0.6 is 11.8 Å². The molecular formula is C29H28N6O3S. The third-order valence-corrected chi connectivity index (χ3v) is 7.44. The van der Waals surface area contributed by atoms with E-state index in [1.807, 2.05) is 61.5 Å². The van der Waals surface area contributed by atoms with Crippen molar-refractivity contribution in [2.24, 2.45) is 4.99 Å². The van der Waals surface area contributed by atoms with Gasteiger partial charge in [0.05, 0.1) is 36.2 Å². The molecule has 4 aromatic rings. The quantitative estimate of drug-likeness (QED) is 0.141. The van der Waals surface area contributed by atoms with Gasteiger partial charge in [0.1, 0.15) is 16.8 Å². The molecule has 9 nitrogen and oxygen atoms in total. The second kappa shape index (κ2) is 12.0. The van der Waals surface area contributed by atoms with E-state index in [0.29, 0.717) is 16.3 Å². The lowest BCUT2D eigenvalue weighted by atomic mass is 9.98. The van der Waals surface area contributed by atoms with Crippen LogP contribution in [-0.2, 0) is 0 Å². The van der Waals surface area contributed by atoms with Crippen molar-refractivity contribution < 1.29 is 19.2 Å². The Kier molecular flexibility index (Phi) is 8.08. The zero-order chi connectivity index (χ0) is 27.2. The van der Waals surface area contributed by atoms with Crippen LogP contribution in [0.25, 0.3) is 22.4 Å². The van der Waals surface area contributed by atoms with E-state index in [4.69, 9.17) is 14.2 Å². The number of ether oxygens (including phenoxy) is 1. The maximum absolute atomic E-state index is 12.8. The van der Waals surface area contributed by atoms with Crippen molar-refractivity contribution in [3.8, 4) is 34.2 Å². The average Bonchev–Trinajstić information content (AvgIpc) is 3.45. The molecule has 198 valence electrons. The van der Waals surface area contributed by atoms with Gasteiger partial charge in [-0.1, -0.05) is 41.6 Å². The van der Waals surface area contributed by atoms with E-state index in [2.05, 4.69) is 21.3 Å². The minimum Gasteiger partial charge on any atom is -0.861 e. The van der Waals surface area contributed by atoms with Gasteiger partial charge in [-0.3, -0.25) is 4.52 Å². The summed E-state index contributed by atoms with van der Waals surface area (Å²) in [7, 11) is 1.62. The van der Waals surface area contributed by atoms with Crippen LogP contribution in [0.2, 0.25) is 0 Å². The molecule has 2 aromatic heterocycles. The number of aliphatic imine (C=N–C) groups is 1. The number of methoxy groups -OCH3 is 1. The van der Waals surface area contributed by atoms with Crippen molar-refractivity contribution in [1.82, 2.24) is 10.3 Å². The third kappa shape index (κ3) is 6.21. The molecule has 0 amide bonds. The van der Waals surface area contributed by atoms with Gasteiger partial charge in [-0.2, -0.15) is 10.3 Å². The van der Waals surface area contributed by atoms with Crippen LogP contribution in [0.1, 0.15) is 30.4 Å². The van der Waals surface area contributed by atoms with Crippen LogP contribution in [0.4, 0.5) is 5.88 Å². The van der Waals surface area contributed by atoms with Gasteiger partial charge in [0.25, 0.3) is 6.20 Å². The molecule has 0 spiro atoms. The average molecular weight is 541 g/mol. The molecule has 39 heavy (non-hydrogen) atoms. The lowest BCUT2D eigenvalue weighted by Gasteiger charge is -2.17. The molecule has 3 heterocycles. The topological polar surface area (TPSA) is 114 Å². The maximum Gasteiger partial charge on any atom is 0.324 e. The maximum atomic E-state index is 12.8. The second-order valence-corrected chi connectivity index (χ2v) is 10.2. The molecule has 0 aliphatic carbocycles. The second-order valence-electron chi connectivity index (χ2n) is 9.21. The van der Waals surface area contributed by atoms with E-state index in [0.717, 1.165) is 53.9 Å². The number of aromatic nitrogens is 3. The zero-order valence-corrected chi connectivity index (χ0v) is 22.6. The number of pyridine rings is 1. The fourth-order valence-corrected chi connectivity index (χ4v) is 5.17. The Labute approximate surface area is 231 Å². The molecule has 1 fully saturated rings. The Morgan fingerprint density at radius 1 is 1.13 bits per heavy atom. The largest absolute Gasteiger partial charge is 0.861 e. The summed E-state index contributed by atoms with van der Waals surface area (Å²) >= 11 is 1.18. The SMILES string of the molecule is COc1ccc(-c2cc(-c3ccc(C)cc3)c(C#N)c(SC/C([O-])=N/c3c[n+](N4CCCCC4)no3)n2)cc1. The monoisotopic (exact) mass is 540 g/mol. The Morgan fingerprint density at radius 2 is 1.85 bits per heavy atom. The number of hydrogen-bond donors (Lipinski definition) is 0. The standard InChI is InChI=1S/C29H28N6O3S/c1-20-6-8-21(9-7-20)24-16-26(22-10-12-23(37-2)13-11-22)31-29(25(24)17-30)39-19-27(36)32-28-18-35(33-38-28)34-14-4-3-5-15-34/h6-13,16,18H,3-5,14-15,19H2,1-2H3. The van der Waals surface area contributed by atoms with E-state index in [9.17, 15) is 10.4 Å². The molecule has 0 bridgehead atoms. The smallest absolute Gasteiger partial charge is 0.324 e. The summed E-state index contributed by atoms with van der Waals surface area (Å²) in [6, 6.07) is 19.8. The highest BCUT2D eigenvalue weighted by molar-refractivity contribution is 8.00. The first-order valence-corrected chi connectivity index (χ1v) is 13.7. The lowest BCUT2D eigenvalue weighted by Crippen LogP contribution is -2.60. The van der Waals surface area contributed by atoms with Crippen LogP contribution in [0.5, 0.6) is 5.75 Å². The number of nitriles is 1. The molecule has 5 rings (SSSR count). The Hall–Kier alpha value is -4.36. The van der Waals surface area contributed by atoms with Gasteiger partial charge in [0.2, 0.25) is 5.27 Å². The van der Waals surface area contributed by atoms with Gasteiger partial charge >= 0.3 is 5.88 Å². The van der Waals surface area contributed by atoms with Gasteiger partial charge in [-0.05, 0) is 68.0 Å². The predicted octanol–water partition coefficient (Wildman–Crippen LogP) is 4.18. The molecule has 0 saturated carbocycles. The molecule has 1 saturated heterocycles. The number of aryl methyl sites for hydroxylation is 1. The Balaban J connectivity index is 1.43. The number of thioether (sulfide) groups is 1. The molecule has 1 aliphatic rings. The summed E-state index contributed by atoms with van der Waals surface area (Å²) in [6.07, 6.45) is 5.01. The number of nitrogens with zero attached hydrogens (tertiary/aromatic N) is 6. The molecule has 2 aromatic carbocycles. The predicted molar refractivity (Wildman–Crippen MR) is 147 cm³/mol. The summed E-state index contributed by atoms with van der Waals surface area (Å²) in [4.78, 5) is 10.5. The van der Waals surface area contributed by atoms with Crippen LogP contribution in [0.3, 0.4) is 0 Å². The van der Waals surface area contributed by atoms with Crippen molar-refractivity contribution in [1.29, 1.82) is 5.26 Å². The first-order chi connectivity index (χ1) is 19.0. The highest BCUT2D eigenvalue weighted by atomic mass is 32.2. The summed E-state index contributed by atoms with van der Waals surface area (Å²) in [5.74, 6) is 0.471. The minimum atomic E-state index is -0.403. The highest BCUT2D eigenvalue weighted by Crippen LogP contribution is 2.34. The first-order valence-electron chi connectivity index (χ1n) is 12.7. The van der Waals surface area contributed by atoms with Crippen molar-refractivity contribution in [3.05, 3.63) is 71.9 Å². The molecule has 0 radical (unpaired) electrons. The highest BCUT2D eigenvalue weighted by Gasteiger charge is 2.22. The first kappa shape index (κ1) is 26.3. The fraction of sp³-hybridized carbons (Fsp3) is 0.276. The number of piperidine rings is 1. The van der Waals surface area contributed by atoms with E-state index in [1.165, 1.54) is 18.2 Å². The normalized spacial score (nSPS) is 13.8. The lowest BCUT2D eigenvalue weighted by molar-refractivity contribution is -0.759. The summed E-state index contributed by atoms with van der Waals surface area (Å²) in [5.41, 5.74) is 4.75. The Morgan fingerprint density at radius 3 is 2.54 bits per heavy atom. The van der Waals surface area contributed by atoms with E-state index >= 15 is 0 Å². The van der Waals surface area contributed by atoms with Gasteiger partial charge < -0.3 is 9.84 Å². The van der Waals surface area contributed by atoms with Crippen molar-refractivity contribution in [2.45, 2.75) is 31.2 Å². The van der Waals surface area contributed by atoms with E-state index < -0.39 is 5.90 Å².